The van der Waals surface area contributed by atoms with Crippen molar-refractivity contribution >= 4 is 17.7 Å². The summed E-state index contributed by atoms with van der Waals surface area (Å²) in [7, 11) is 0. The average Bonchev–Trinajstić information content (AvgIpc) is 2.88. The average molecular weight is 358 g/mol. The summed E-state index contributed by atoms with van der Waals surface area (Å²) in [5, 5.41) is 8.88. The molecule has 2 aromatic rings. The van der Waals surface area contributed by atoms with E-state index >= 15 is 0 Å². The zero-order valence-electron chi connectivity index (χ0n) is 14.1. The van der Waals surface area contributed by atoms with E-state index in [1.807, 2.05) is 4.90 Å². The lowest BCUT2D eigenvalue weighted by Gasteiger charge is -2.22. The maximum absolute atomic E-state index is 13.3. The second kappa shape index (κ2) is 7.90. The normalized spacial score (nSPS) is 14.8. The highest BCUT2D eigenvalue weighted by atomic mass is 19.1. The molecule has 1 amide bonds. The third-order valence-corrected chi connectivity index (χ3v) is 4.27. The number of benzene rings is 1. The van der Waals surface area contributed by atoms with Gasteiger partial charge in [0, 0.05) is 26.2 Å². The number of rotatable bonds is 4. The van der Waals surface area contributed by atoms with Gasteiger partial charge < -0.3 is 14.9 Å². The third kappa shape index (κ3) is 4.33. The zero-order chi connectivity index (χ0) is 18.5. The Morgan fingerprint density at radius 3 is 2.65 bits per heavy atom. The van der Waals surface area contributed by atoms with Gasteiger partial charge in [0.1, 0.15) is 11.6 Å². The van der Waals surface area contributed by atoms with Gasteiger partial charge in [-0.05, 0) is 24.1 Å². The van der Waals surface area contributed by atoms with Crippen LogP contribution in [0.1, 0.15) is 22.5 Å². The number of carboxylic acids is 1. The van der Waals surface area contributed by atoms with Crippen molar-refractivity contribution < 1.29 is 19.1 Å². The first-order valence-electron chi connectivity index (χ1n) is 8.35. The van der Waals surface area contributed by atoms with Gasteiger partial charge in [0.15, 0.2) is 5.69 Å². The number of hydrogen-bond acceptors (Lipinski definition) is 5. The number of nitrogens with zero attached hydrogens (tertiary/aromatic N) is 4. The van der Waals surface area contributed by atoms with Crippen LogP contribution >= 0.6 is 0 Å². The van der Waals surface area contributed by atoms with Crippen LogP contribution in [0.25, 0.3) is 0 Å². The van der Waals surface area contributed by atoms with Gasteiger partial charge in [-0.25, -0.2) is 19.2 Å². The van der Waals surface area contributed by atoms with Crippen LogP contribution in [0.3, 0.4) is 0 Å². The summed E-state index contributed by atoms with van der Waals surface area (Å²) in [6.07, 6.45) is 3.60. The molecule has 0 spiro atoms. The third-order valence-electron chi connectivity index (χ3n) is 4.27. The predicted molar refractivity (Wildman–Crippen MR) is 92.5 cm³/mol. The van der Waals surface area contributed by atoms with Gasteiger partial charge in [-0.15, -0.1) is 0 Å². The number of anilines is 1. The van der Waals surface area contributed by atoms with E-state index in [9.17, 15) is 14.0 Å². The molecule has 1 aliphatic heterocycles. The van der Waals surface area contributed by atoms with E-state index in [4.69, 9.17) is 5.11 Å². The number of amides is 1. The smallest absolute Gasteiger partial charge is 0.356 e. The van der Waals surface area contributed by atoms with Crippen molar-refractivity contribution in [3.05, 3.63) is 53.7 Å². The van der Waals surface area contributed by atoms with E-state index < -0.39 is 5.97 Å². The van der Waals surface area contributed by atoms with Crippen molar-refractivity contribution in [3.63, 3.8) is 0 Å². The fourth-order valence-electron chi connectivity index (χ4n) is 2.92. The molecule has 1 aromatic carbocycles. The van der Waals surface area contributed by atoms with E-state index in [-0.39, 0.29) is 23.8 Å². The quantitative estimate of drug-likeness (QED) is 0.893. The highest BCUT2D eigenvalue weighted by Gasteiger charge is 2.20. The Morgan fingerprint density at radius 2 is 1.96 bits per heavy atom. The Labute approximate surface area is 150 Å². The molecule has 7 nitrogen and oxygen atoms in total. The monoisotopic (exact) mass is 358 g/mol. The van der Waals surface area contributed by atoms with Crippen LogP contribution in [-0.2, 0) is 11.2 Å². The summed E-state index contributed by atoms with van der Waals surface area (Å²) >= 11 is 0. The summed E-state index contributed by atoms with van der Waals surface area (Å²) in [6, 6.07) is 6.07. The molecular weight excluding hydrogens is 339 g/mol. The SMILES string of the molecule is O=C(O)c1cnc(N2CCCN(C(=O)Cc3cccc(F)c3)CC2)cn1. The Bertz CT molecular complexity index is 797. The molecule has 1 N–H and O–H groups in total. The zero-order valence-corrected chi connectivity index (χ0v) is 14.1. The number of carboxylic acid groups (broad SMARTS) is 1. The fraction of sp³-hybridized carbons (Fsp3) is 0.333. The van der Waals surface area contributed by atoms with Gasteiger partial charge in [0.2, 0.25) is 5.91 Å². The van der Waals surface area contributed by atoms with Gasteiger partial charge in [0.05, 0.1) is 18.8 Å². The van der Waals surface area contributed by atoms with E-state index in [1.165, 1.54) is 24.5 Å². The first-order valence-corrected chi connectivity index (χ1v) is 8.35. The Hall–Kier alpha value is -3.03. The molecular formula is C18H19FN4O3. The molecule has 1 aromatic heterocycles. The van der Waals surface area contributed by atoms with Crippen molar-refractivity contribution in [1.29, 1.82) is 0 Å². The summed E-state index contributed by atoms with van der Waals surface area (Å²) in [5.74, 6) is -0.908. The van der Waals surface area contributed by atoms with Crippen molar-refractivity contribution in [3.8, 4) is 0 Å². The standard InChI is InChI=1S/C18H19FN4O3/c19-14-4-1-3-13(9-14)10-17(24)23-6-2-5-22(7-8-23)16-12-20-15(11-21-16)18(25)26/h1,3-4,9,11-12H,2,5-8,10H2,(H,25,26). The number of carbonyl (C=O) groups is 2. The molecule has 0 atom stereocenters. The molecule has 1 aliphatic rings. The molecule has 0 saturated carbocycles. The minimum Gasteiger partial charge on any atom is -0.476 e. The van der Waals surface area contributed by atoms with Crippen LogP contribution in [0.4, 0.5) is 10.2 Å². The van der Waals surface area contributed by atoms with Crippen LogP contribution in [0, 0.1) is 5.82 Å². The molecule has 2 heterocycles. The molecule has 0 unspecified atom stereocenters. The number of hydrogen-bond donors (Lipinski definition) is 1. The van der Waals surface area contributed by atoms with Gasteiger partial charge in [-0.1, -0.05) is 12.1 Å². The molecule has 0 aliphatic carbocycles. The van der Waals surface area contributed by atoms with E-state index in [1.54, 1.807) is 17.0 Å². The minimum atomic E-state index is -1.12. The van der Waals surface area contributed by atoms with Crippen molar-refractivity contribution in [2.45, 2.75) is 12.8 Å². The molecule has 26 heavy (non-hydrogen) atoms. The number of carbonyl (C=O) groups excluding carboxylic acids is 1. The Kier molecular flexibility index (Phi) is 5.40. The van der Waals surface area contributed by atoms with Crippen molar-refractivity contribution in [2.75, 3.05) is 31.1 Å². The lowest BCUT2D eigenvalue weighted by Crippen LogP contribution is -2.36. The molecule has 0 bridgehead atoms. The molecule has 1 saturated heterocycles. The Balaban J connectivity index is 1.60. The number of aromatic nitrogens is 2. The Morgan fingerprint density at radius 1 is 1.12 bits per heavy atom. The van der Waals surface area contributed by atoms with Gasteiger partial charge in [-0.2, -0.15) is 0 Å². The van der Waals surface area contributed by atoms with Gasteiger partial charge >= 0.3 is 5.97 Å². The first kappa shape index (κ1) is 17.8. The minimum absolute atomic E-state index is 0.0373. The maximum Gasteiger partial charge on any atom is 0.356 e. The van der Waals surface area contributed by atoms with Crippen LogP contribution in [-0.4, -0.2) is 58.0 Å². The molecule has 3 rings (SSSR count). The van der Waals surface area contributed by atoms with Crippen LogP contribution in [0.5, 0.6) is 0 Å². The van der Waals surface area contributed by atoms with E-state index in [0.717, 1.165) is 6.42 Å². The largest absolute Gasteiger partial charge is 0.476 e. The molecule has 1 fully saturated rings. The molecule has 8 heteroatoms. The summed E-state index contributed by atoms with van der Waals surface area (Å²) in [5.41, 5.74) is 0.557. The lowest BCUT2D eigenvalue weighted by atomic mass is 10.1. The maximum atomic E-state index is 13.3. The van der Waals surface area contributed by atoms with Gasteiger partial charge in [0.25, 0.3) is 0 Å². The highest BCUT2D eigenvalue weighted by Crippen LogP contribution is 2.14. The number of aromatic carboxylic acids is 1. The fourth-order valence-corrected chi connectivity index (χ4v) is 2.92. The lowest BCUT2D eigenvalue weighted by molar-refractivity contribution is -0.130. The van der Waals surface area contributed by atoms with Crippen LogP contribution in [0.2, 0.25) is 0 Å². The predicted octanol–water partition coefficient (Wildman–Crippen LogP) is 1.60. The van der Waals surface area contributed by atoms with E-state index in [0.29, 0.717) is 37.6 Å². The first-order chi connectivity index (χ1) is 12.5. The molecule has 136 valence electrons. The van der Waals surface area contributed by atoms with Crippen LogP contribution in [0.15, 0.2) is 36.7 Å². The second-order valence-corrected chi connectivity index (χ2v) is 6.09. The second-order valence-electron chi connectivity index (χ2n) is 6.09. The summed E-state index contributed by atoms with van der Waals surface area (Å²) in [6.45, 7) is 2.42. The van der Waals surface area contributed by atoms with Crippen molar-refractivity contribution in [1.82, 2.24) is 14.9 Å². The summed E-state index contributed by atoms with van der Waals surface area (Å²) in [4.78, 5) is 35.1. The number of halogens is 1. The van der Waals surface area contributed by atoms with Gasteiger partial charge in [-0.3, -0.25) is 4.79 Å². The molecule has 0 radical (unpaired) electrons. The topological polar surface area (TPSA) is 86.6 Å². The van der Waals surface area contributed by atoms with Crippen LogP contribution < -0.4 is 4.90 Å². The highest BCUT2D eigenvalue weighted by molar-refractivity contribution is 5.85. The summed E-state index contributed by atoms with van der Waals surface area (Å²) < 4.78 is 13.3. The van der Waals surface area contributed by atoms with E-state index in [2.05, 4.69) is 9.97 Å². The van der Waals surface area contributed by atoms with Crippen molar-refractivity contribution in [2.24, 2.45) is 0 Å².